The molecule has 0 aromatic rings. The average Bonchev–Trinajstić information content (AvgIpc) is 2.78. The van der Waals surface area contributed by atoms with E-state index in [9.17, 15) is 14.7 Å². The summed E-state index contributed by atoms with van der Waals surface area (Å²) >= 11 is 0. The number of cyclic esters (lactones) is 2. The molecule has 2 rings (SSSR count). The molecule has 5 heteroatoms. The number of aliphatic hydroxyl groups excluding tert-OH is 1. The van der Waals surface area contributed by atoms with E-state index in [1.165, 1.54) is 70.5 Å². The van der Waals surface area contributed by atoms with Gasteiger partial charge in [0.1, 0.15) is 11.9 Å². The maximum absolute atomic E-state index is 12.1. The van der Waals surface area contributed by atoms with Crippen molar-refractivity contribution in [2.75, 3.05) is 0 Å². The van der Waals surface area contributed by atoms with Crippen LogP contribution in [-0.2, 0) is 19.1 Å². The summed E-state index contributed by atoms with van der Waals surface area (Å²) in [6.07, 6.45) is 22.7. The van der Waals surface area contributed by atoms with Crippen LogP contribution < -0.4 is 0 Å². The van der Waals surface area contributed by atoms with Crippen LogP contribution in [0.2, 0.25) is 0 Å². The van der Waals surface area contributed by atoms with Gasteiger partial charge in [-0.3, -0.25) is 4.79 Å². The van der Waals surface area contributed by atoms with Gasteiger partial charge in [0.05, 0.1) is 11.8 Å². The Labute approximate surface area is 195 Å². The van der Waals surface area contributed by atoms with Gasteiger partial charge in [0.15, 0.2) is 0 Å². The molecule has 2 heterocycles. The summed E-state index contributed by atoms with van der Waals surface area (Å²) in [5.74, 6) is -0.114. The first kappa shape index (κ1) is 28.3. The third kappa shape index (κ3) is 13.6. The standard InChI is InChI=1S/C22H40O3.C5H6O2/c1-3-5-7-9-10-11-12-13-14-16-19-18-21(23)20(22(24)25-19)17-15-8-6-4-2;6-5-3-1-2-4-7-5/h19,23H,3-18H2,1-2H3;2,4H,1,3H2. The predicted molar refractivity (Wildman–Crippen MR) is 129 cm³/mol. The number of allylic oxidation sites excluding steroid dienone is 1. The van der Waals surface area contributed by atoms with Crippen LogP contribution in [0.25, 0.3) is 0 Å². The van der Waals surface area contributed by atoms with Crippen LogP contribution in [0.5, 0.6) is 0 Å². The van der Waals surface area contributed by atoms with Crippen LogP contribution in [0.15, 0.2) is 23.7 Å². The minimum Gasteiger partial charge on any atom is -0.512 e. The summed E-state index contributed by atoms with van der Waals surface area (Å²) in [5.41, 5.74) is 0.527. The van der Waals surface area contributed by atoms with Crippen molar-refractivity contribution in [2.24, 2.45) is 0 Å². The van der Waals surface area contributed by atoms with Crippen LogP contribution in [0, 0.1) is 0 Å². The molecule has 32 heavy (non-hydrogen) atoms. The van der Waals surface area contributed by atoms with Crippen molar-refractivity contribution < 1.29 is 24.2 Å². The van der Waals surface area contributed by atoms with Gasteiger partial charge < -0.3 is 14.6 Å². The molecule has 5 nitrogen and oxygen atoms in total. The van der Waals surface area contributed by atoms with Gasteiger partial charge in [0.2, 0.25) is 0 Å². The highest BCUT2D eigenvalue weighted by molar-refractivity contribution is 5.89. The van der Waals surface area contributed by atoms with Gasteiger partial charge >= 0.3 is 11.9 Å². The van der Waals surface area contributed by atoms with Crippen LogP contribution >= 0.6 is 0 Å². The average molecular weight is 451 g/mol. The van der Waals surface area contributed by atoms with E-state index in [2.05, 4.69) is 18.6 Å². The molecular formula is C27H46O5. The van der Waals surface area contributed by atoms with Crippen LogP contribution in [-0.4, -0.2) is 23.1 Å². The Bertz CT molecular complexity index is 579. The van der Waals surface area contributed by atoms with Crippen molar-refractivity contribution in [3.8, 4) is 0 Å². The first-order valence-corrected chi connectivity index (χ1v) is 13.0. The van der Waals surface area contributed by atoms with Gasteiger partial charge in [0.25, 0.3) is 0 Å². The lowest BCUT2D eigenvalue weighted by molar-refractivity contribution is -0.147. The molecule has 0 radical (unpaired) electrons. The van der Waals surface area contributed by atoms with Crippen molar-refractivity contribution in [1.82, 2.24) is 0 Å². The van der Waals surface area contributed by atoms with E-state index in [1.54, 1.807) is 0 Å². The molecule has 0 spiro atoms. The monoisotopic (exact) mass is 450 g/mol. The first-order chi connectivity index (χ1) is 15.6. The van der Waals surface area contributed by atoms with Gasteiger partial charge in [-0.25, -0.2) is 4.79 Å². The van der Waals surface area contributed by atoms with Crippen molar-refractivity contribution in [3.05, 3.63) is 23.7 Å². The number of ether oxygens (including phenoxy) is 2. The number of hydrogen-bond donors (Lipinski definition) is 1. The predicted octanol–water partition coefficient (Wildman–Crippen LogP) is 7.84. The quantitative estimate of drug-likeness (QED) is 0.203. The molecule has 0 amide bonds. The SMILES string of the molecule is CCCCCCCCCCCC1CC(O)=C(CCCCCC)C(=O)O1.O=C1CCC=CO1. The summed E-state index contributed by atoms with van der Waals surface area (Å²) in [4.78, 5) is 22.3. The second-order valence-corrected chi connectivity index (χ2v) is 8.98. The van der Waals surface area contributed by atoms with Gasteiger partial charge in [-0.1, -0.05) is 84.5 Å². The Morgan fingerprint density at radius 2 is 1.47 bits per heavy atom. The molecule has 184 valence electrons. The highest BCUT2D eigenvalue weighted by atomic mass is 16.5. The lowest BCUT2D eigenvalue weighted by atomic mass is 9.97. The lowest BCUT2D eigenvalue weighted by Crippen LogP contribution is -2.26. The summed E-state index contributed by atoms with van der Waals surface area (Å²) in [6.45, 7) is 4.42. The first-order valence-electron chi connectivity index (χ1n) is 13.0. The molecule has 1 atom stereocenters. The van der Waals surface area contributed by atoms with Crippen LogP contribution in [0.4, 0.5) is 0 Å². The molecule has 1 N–H and O–H groups in total. The van der Waals surface area contributed by atoms with E-state index in [1.807, 2.05) is 6.08 Å². The zero-order chi connectivity index (χ0) is 23.4. The summed E-state index contributed by atoms with van der Waals surface area (Å²) < 4.78 is 10.00. The van der Waals surface area contributed by atoms with E-state index in [4.69, 9.17) is 4.74 Å². The molecule has 0 bridgehead atoms. The Morgan fingerprint density at radius 1 is 0.875 bits per heavy atom. The Hall–Kier alpha value is -1.78. The molecule has 2 aliphatic heterocycles. The fourth-order valence-electron chi connectivity index (χ4n) is 3.99. The topological polar surface area (TPSA) is 72.8 Å². The van der Waals surface area contributed by atoms with Crippen molar-refractivity contribution >= 4 is 11.9 Å². The van der Waals surface area contributed by atoms with Crippen molar-refractivity contribution in [2.45, 2.75) is 136 Å². The minimum absolute atomic E-state index is 0.114. The number of aliphatic hydroxyl groups is 1. The lowest BCUT2D eigenvalue weighted by Gasteiger charge is -2.24. The second-order valence-electron chi connectivity index (χ2n) is 8.98. The van der Waals surface area contributed by atoms with Crippen molar-refractivity contribution in [1.29, 1.82) is 0 Å². The molecule has 0 saturated heterocycles. The highest BCUT2D eigenvalue weighted by Crippen LogP contribution is 2.27. The molecule has 0 aromatic heterocycles. The summed E-state index contributed by atoms with van der Waals surface area (Å²) in [6, 6.07) is 0. The molecule has 0 saturated carbocycles. The molecule has 2 aliphatic rings. The Morgan fingerprint density at radius 3 is 1.97 bits per heavy atom. The fourth-order valence-corrected chi connectivity index (χ4v) is 3.99. The van der Waals surface area contributed by atoms with Gasteiger partial charge in [-0.2, -0.15) is 0 Å². The number of carbonyl (C=O) groups is 2. The van der Waals surface area contributed by atoms with Crippen LogP contribution in [0.1, 0.15) is 129 Å². The second kappa shape index (κ2) is 18.8. The number of hydrogen-bond acceptors (Lipinski definition) is 5. The number of rotatable bonds is 15. The number of esters is 2. The molecule has 1 unspecified atom stereocenters. The number of carbonyl (C=O) groups excluding carboxylic acids is 2. The van der Waals surface area contributed by atoms with E-state index in [-0.39, 0.29) is 23.8 Å². The van der Waals surface area contributed by atoms with Crippen molar-refractivity contribution in [3.63, 3.8) is 0 Å². The zero-order valence-corrected chi connectivity index (χ0v) is 20.5. The molecular weight excluding hydrogens is 404 g/mol. The maximum Gasteiger partial charge on any atom is 0.337 e. The summed E-state index contributed by atoms with van der Waals surface area (Å²) in [5, 5.41) is 10.2. The normalized spacial score (nSPS) is 18.1. The minimum atomic E-state index is -0.277. The van der Waals surface area contributed by atoms with E-state index in [0.29, 0.717) is 24.8 Å². The van der Waals surface area contributed by atoms with Crippen LogP contribution in [0.3, 0.4) is 0 Å². The number of unbranched alkanes of at least 4 members (excludes halogenated alkanes) is 11. The third-order valence-corrected chi connectivity index (χ3v) is 6.01. The zero-order valence-electron chi connectivity index (χ0n) is 20.5. The van der Waals surface area contributed by atoms with E-state index in [0.717, 1.165) is 32.1 Å². The fraction of sp³-hybridized carbons (Fsp3) is 0.778. The highest BCUT2D eigenvalue weighted by Gasteiger charge is 2.28. The maximum atomic E-state index is 12.1. The molecule has 0 aliphatic carbocycles. The summed E-state index contributed by atoms with van der Waals surface area (Å²) in [7, 11) is 0. The van der Waals surface area contributed by atoms with E-state index >= 15 is 0 Å². The molecule has 0 aromatic carbocycles. The van der Waals surface area contributed by atoms with E-state index < -0.39 is 0 Å². The third-order valence-electron chi connectivity index (χ3n) is 6.01. The smallest absolute Gasteiger partial charge is 0.337 e. The van der Waals surface area contributed by atoms with Gasteiger partial charge in [0, 0.05) is 12.8 Å². The Balaban J connectivity index is 0.000000616. The Kier molecular flexibility index (Phi) is 16.6. The molecule has 0 fully saturated rings. The van der Waals surface area contributed by atoms with Gasteiger partial charge in [-0.15, -0.1) is 0 Å². The van der Waals surface area contributed by atoms with Gasteiger partial charge in [-0.05, 0) is 38.2 Å². The largest absolute Gasteiger partial charge is 0.512 e.